The smallest absolute Gasteiger partial charge is 0.290 e. The van der Waals surface area contributed by atoms with E-state index in [1.54, 1.807) is 17.1 Å². The van der Waals surface area contributed by atoms with E-state index in [4.69, 9.17) is 5.26 Å². The molecule has 7 heteroatoms. The SMILES string of the molecule is Cc1cnn(C2(CC#N)CN(CC(F)(F)F)C2)c1. The maximum absolute atomic E-state index is 12.2. The third kappa shape index (κ3) is 2.48. The Morgan fingerprint density at radius 2 is 2.17 bits per heavy atom. The maximum Gasteiger partial charge on any atom is 0.401 e. The predicted molar refractivity (Wildman–Crippen MR) is 57.7 cm³/mol. The topological polar surface area (TPSA) is 44.9 Å². The molecule has 0 N–H and O–H groups in total. The monoisotopic (exact) mass is 258 g/mol. The summed E-state index contributed by atoms with van der Waals surface area (Å²) in [7, 11) is 0. The Morgan fingerprint density at radius 1 is 1.50 bits per heavy atom. The molecule has 0 radical (unpaired) electrons. The number of aromatic nitrogens is 2. The van der Waals surface area contributed by atoms with Crippen LogP contribution in [0.5, 0.6) is 0 Å². The fraction of sp³-hybridized carbons (Fsp3) is 0.636. The molecule has 0 unspecified atom stereocenters. The van der Waals surface area contributed by atoms with Gasteiger partial charge in [0, 0.05) is 19.3 Å². The first kappa shape index (κ1) is 12.9. The summed E-state index contributed by atoms with van der Waals surface area (Å²) in [5.41, 5.74) is 0.329. The van der Waals surface area contributed by atoms with Crippen molar-refractivity contribution in [2.75, 3.05) is 19.6 Å². The lowest BCUT2D eigenvalue weighted by atomic mass is 9.87. The molecule has 0 amide bonds. The molecule has 0 aliphatic carbocycles. The molecule has 4 nitrogen and oxygen atoms in total. The van der Waals surface area contributed by atoms with Gasteiger partial charge in [-0.15, -0.1) is 0 Å². The zero-order chi connectivity index (χ0) is 13.4. The summed E-state index contributed by atoms with van der Waals surface area (Å²) in [4.78, 5) is 1.29. The fourth-order valence-corrected chi connectivity index (χ4v) is 2.31. The van der Waals surface area contributed by atoms with Gasteiger partial charge in [0.15, 0.2) is 0 Å². The molecule has 98 valence electrons. The summed E-state index contributed by atoms with van der Waals surface area (Å²) >= 11 is 0. The highest BCUT2D eigenvalue weighted by Gasteiger charge is 2.48. The van der Waals surface area contributed by atoms with Crippen molar-refractivity contribution in [1.82, 2.24) is 14.7 Å². The standard InChI is InChI=1S/C11H13F3N4/c1-9-4-16-18(5-9)10(2-3-15)6-17(7-10)8-11(12,13)14/h4-5H,2,6-8H2,1H3. The third-order valence-electron chi connectivity index (χ3n) is 3.04. The van der Waals surface area contributed by atoms with Gasteiger partial charge >= 0.3 is 6.18 Å². The Balaban J connectivity index is 2.08. The maximum atomic E-state index is 12.2. The van der Waals surface area contributed by atoms with E-state index in [0.717, 1.165) is 5.56 Å². The van der Waals surface area contributed by atoms with Crippen molar-refractivity contribution < 1.29 is 13.2 Å². The van der Waals surface area contributed by atoms with E-state index in [2.05, 4.69) is 5.10 Å². The molecule has 1 aliphatic rings. The van der Waals surface area contributed by atoms with Crippen molar-refractivity contribution >= 4 is 0 Å². The lowest BCUT2D eigenvalue weighted by Crippen LogP contribution is -2.64. The number of nitriles is 1. The van der Waals surface area contributed by atoms with Crippen LogP contribution in [0, 0.1) is 18.3 Å². The quantitative estimate of drug-likeness (QED) is 0.828. The van der Waals surface area contributed by atoms with Crippen molar-refractivity contribution in [3.8, 4) is 6.07 Å². The Labute approximate surface area is 103 Å². The second kappa shape index (κ2) is 4.28. The number of nitrogens with zero attached hydrogens (tertiary/aromatic N) is 4. The van der Waals surface area contributed by atoms with Crippen LogP contribution in [-0.2, 0) is 5.54 Å². The third-order valence-corrected chi connectivity index (χ3v) is 3.04. The summed E-state index contributed by atoms with van der Waals surface area (Å²) in [6, 6.07) is 2.03. The summed E-state index contributed by atoms with van der Waals surface area (Å²) in [5.74, 6) is 0. The van der Waals surface area contributed by atoms with Gasteiger partial charge in [-0.1, -0.05) is 0 Å². The van der Waals surface area contributed by atoms with Crippen molar-refractivity contribution in [1.29, 1.82) is 5.26 Å². The van der Waals surface area contributed by atoms with Gasteiger partial charge < -0.3 is 0 Å². The number of likely N-dealkylation sites (tertiary alicyclic amines) is 1. The molecule has 1 aliphatic heterocycles. The number of hydrogen-bond donors (Lipinski definition) is 0. The lowest BCUT2D eigenvalue weighted by molar-refractivity contribution is -0.167. The largest absolute Gasteiger partial charge is 0.401 e. The summed E-state index contributed by atoms with van der Waals surface area (Å²) < 4.78 is 38.3. The van der Waals surface area contributed by atoms with Gasteiger partial charge in [-0.3, -0.25) is 9.58 Å². The molecule has 1 fully saturated rings. The first-order chi connectivity index (χ1) is 8.35. The minimum atomic E-state index is -4.20. The second-order valence-electron chi connectivity index (χ2n) is 4.78. The van der Waals surface area contributed by atoms with Crippen molar-refractivity contribution in [2.45, 2.75) is 25.1 Å². The average molecular weight is 258 g/mol. The Hall–Kier alpha value is -1.55. The first-order valence-corrected chi connectivity index (χ1v) is 5.52. The Morgan fingerprint density at radius 3 is 2.61 bits per heavy atom. The minimum Gasteiger partial charge on any atom is -0.290 e. The Kier molecular flexibility index (Phi) is 3.07. The highest BCUT2D eigenvalue weighted by Crippen LogP contribution is 2.34. The number of alkyl halides is 3. The van der Waals surface area contributed by atoms with Gasteiger partial charge in [-0.2, -0.15) is 23.5 Å². The molecule has 18 heavy (non-hydrogen) atoms. The fourth-order valence-electron chi connectivity index (χ4n) is 2.31. The van der Waals surface area contributed by atoms with Crippen molar-refractivity contribution in [3.05, 3.63) is 18.0 Å². The van der Waals surface area contributed by atoms with E-state index in [0.29, 0.717) is 0 Å². The number of halogens is 3. The molecule has 1 aromatic heterocycles. The highest BCUT2D eigenvalue weighted by molar-refractivity contribution is 5.10. The molecule has 0 saturated carbocycles. The molecule has 1 aromatic rings. The number of hydrogen-bond acceptors (Lipinski definition) is 3. The van der Waals surface area contributed by atoms with Crippen LogP contribution in [0.15, 0.2) is 12.4 Å². The Bertz CT molecular complexity index is 465. The van der Waals surface area contributed by atoms with Crippen LogP contribution in [0.25, 0.3) is 0 Å². The van der Waals surface area contributed by atoms with Gasteiger partial charge in [-0.05, 0) is 12.5 Å². The van der Waals surface area contributed by atoms with Crippen molar-refractivity contribution in [2.24, 2.45) is 0 Å². The summed E-state index contributed by atoms with van der Waals surface area (Å²) in [6.45, 7) is 1.35. The van der Waals surface area contributed by atoms with E-state index in [1.807, 2.05) is 13.0 Å². The van der Waals surface area contributed by atoms with E-state index >= 15 is 0 Å². The van der Waals surface area contributed by atoms with Gasteiger partial charge in [-0.25, -0.2) is 0 Å². The molecular weight excluding hydrogens is 245 g/mol. The van der Waals surface area contributed by atoms with Gasteiger partial charge in [0.2, 0.25) is 0 Å². The van der Waals surface area contributed by atoms with E-state index in [1.165, 1.54) is 4.90 Å². The average Bonchev–Trinajstić information content (AvgIpc) is 2.59. The zero-order valence-corrected chi connectivity index (χ0v) is 9.91. The van der Waals surface area contributed by atoms with Gasteiger partial charge in [0.05, 0.1) is 25.2 Å². The predicted octanol–water partition coefficient (Wildman–Crippen LogP) is 1.68. The number of rotatable bonds is 3. The van der Waals surface area contributed by atoms with Crippen LogP contribution >= 0.6 is 0 Å². The molecule has 2 heterocycles. The molecule has 0 bridgehead atoms. The second-order valence-corrected chi connectivity index (χ2v) is 4.78. The van der Waals surface area contributed by atoms with Crippen LogP contribution in [0.2, 0.25) is 0 Å². The normalized spacial score (nSPS) is 19.3. The lowest BCUT2D eigenvalue weighted by Gasteiger charge is -2.49. The van der Waals surface area contributed by atoms with E-state index < -0.39 is 18.3 Å². The van der Waals surface area contributed by atoms with Crippen molar-refractivity contribution in [3.63, 3.8) is 0 Å². The molecule has 2 rings (SSSR count). The zero-order valence-electron chi connectivity index (χ0n) is 9.91. The van der Waals surface area contributed by atoms with Gasteiger partial charge in [0.25, 0.3) is 0 Å². The first-order valence-electron chi connectivity index (χ1n) is 5.52. The highest BCUT2D eigenvalue weighted by atomic mass is 19.4. The van der Waals surface area contributed by atoms with Crippen LogP contribution in [-0.4, -0.2) is 40.5 Å². The van der Waals surface area contributed by atoms with E-state index in [9.17, 15) is 13.2 Å². The molecule has 0 atom stereocenters. The summed E-state index contributed by atoms with van der Waals surface area (Å²) in [5, 5.41) is 12.9. The minimum absolute atomic E-state index is 0.169. The molecule has 1 saturated heterocycles. The van der Waals surface area contributed by atoms with Crippen LogP contribution in [0.3, 0.4) is 0 Å². The molecular formula is C11H13F3N4. The van der Waals surface area contributed by atoms with Crippen LogP contribution < -0.4 is 0 Å². The number of aryl methyl sites for hydroxylation is 1. The molecule has 0 aromatic carbocycles. The molecule has 0 spiro atoms. The summed E-state index contributed by atoms with van der Waals surface area (Å²) in [6.07, 6.45) is -0.616. The van der Waals surface area contributed by atoms with Crippen LogP contribution in [0.4, 0.5) is 13.2 Å². The van der Waals surface area contributed by atoms with Gasteiger partial charge in [0.1, 0.15) is 5.54 Å². The van der Waals surface area contributed by atoms with E-state index in [-0.39, 0.29) is 19.5 Å². The van der Waals surface area contributed by atoms with Crippen LogP contribution in [0.1, 0.15) is 12.0 Å².